The molecule has 6 unspecified atom stereocenters. The molecule has 7 aliphatic carbocycles. The van der Waals surface area contributed by atoms with Crippen LogP contribution in [0.25, 0.3) is 11.1 Å². The maximum Gasteiger partial charge on any atom is 0.0502 e. The first-order valence-corrected chi connectivity index (χ1v) is 20.5. The van der Waals surface area contributed by atoms with Crippen molar-refractivity contribution in [2.45, 2.75) is 134 Å². The highest BCUT2D eigenvalue weighted by molar-refractivity contribution is 5.89. The highest BCUT2D eigenvalue weighted by Crippen LogP contribution is 2.89. The Bertz CT molecular complexity index is 2100. The molecule has 2 spiro atoms. The molecule has 0 saturated heterocycles. The molecule has 11 rings (SSSR count). The monoisotopic (exact) mass is 671 g/mol. The van der Waals surface area contributed by atoms with Crippen LogP contribution in [-0.2, 0) is 27.1 Å². The predicted molar refractivity (Wildman–Crippen MR) is 213 cm³/mol. The third-order valence-corrected chi connectivity index (χ3v) is 17.0. The van der Waals surface area contributed by atoms with E-state index in [0.717, 1.165) is 23.7 Å². The van der Waals surface area contributed by atoms with Gasteiger partial charge in [-0.05, 0) is 171 Å². The van der Waals surface area contributed by atoms with Crippen molar-refractivity contribution in [3.8, 4) is 11.1 Å². The van der Waals surface area contributed by atoms with Gasteiger partial charge in [-0.2, -0.15) is 0 Å². The van der Waals surface area contributed by atoms with E-state index in [2.05, 4.69) is 139 Å². The summed E-state index contributed by atoms with van der Waals surface area (Å²) in [6, 6.07) is 32.0. The largest absolute Gasteiger partial charge is 0.310 e. The summed E-state index contributed by atoms with van der Waals surface area (Å²) in [4.78, 5) is 2.78. The van der Waals surface area contributed by atoms with Crippen molar-refractivity contribution >= 4 is 17.1 Å². The van der Waals surface area contributed by atoms with Crippen LogP contribution in [0.1, 0.15) is 140 Å². The average molecular weight is 672 g/mol. The van der Waals surface area contributed by atoms with E-state index in [9.17, 15) is 0 Å². The molecule has 1 nitrogen and oxygen atoms in total. The smallest absolute Gasteiger partial charge is 0.0502 e. The summed E-state index contributed by atoms with van der Waals surface area (Å²) in [5.74, 6) is 3.58. The molecule has 7 aliphatic rings. The van der Waals surface area contributed by atoms with Crippen LogP contribution in [0.15, 0.2) is 78.9 Å². The molecule has 262 valence electrons. The van der Waals surface area contributed by atoms with Crippen LogP contribution >= 0.6 is 0 Å². The second-order valence-corrected chi connectivity index (χ2v) is 21.1. The van der Waals surface area contributed by atoms with Gasteiger partial charge in [0, 0.05) is 11.1 Å². The number of fused-ring (bicyclic) bond motifs is 10. The molecule has 6 atom stereocenters. The van der Waals surface area contributed by atoms with Gasteiger partial charge in [-0.15, -0.1) is 0 Å². The molecule has 4 fully saturated rings. The van der Waals surface area contributed by atoms with E-state index in [1.165, 1.54) is 79.6 Å². The Morgan fingerprint density at radius 1 is 0.510 bits per heavy atom. The first kappa shape index (κ1) is 31.2. The topological polar surface area (TPSA) is 3.24 Å². The lowest BCUT2D eigenvalue weighted by Crippen LogP contribution is -2.73. The number of hydrogen-bond acceptors (Lipinski definition) is 1. The van der Waals surface area contributed by atoms with Crippen molar-refractivity contribution < 1.29 is 0 Å². The summed E-state index contributed by atoms with van der Waals surface area (Å²) < 4.78 is 0. The van der Waals surface area contributed by atoms with Gasteiger partial charge in [-0.25, -0.2) is 0 Å². The Morgan fingerprint density at radius 3 is 1.69 bits per heavy atom. The predicted octanol–water partition coefficient (Wildman–Crippen LogP) is 13.2. The lowest BCUT2D eigenvalue weighted by atomic mass is 9.27. The summed E-state index contributed by atoms with van der Waals surface area (Å²) in [7, 11) is 0. The van der Waals surface area contributed by atoms with E-state index < -0.39 is 0 Å². The van der Waals surface area contributed by atoms with Crippen LogP contribution in [0.5, 0.6) is 0 Å². The average Bonchev–Trinajstić information content (AvgIpc) is 3.73. The maximum atomic E-state index is 2.78. The maximum absolute atomic E-state index is 2.78. The van der Waals surface area contributed by atoms with Gasteiger partial charge >= 0.3 is 0 Å². The van der Waals surface area contributed by atoms with Crippen LogP contribution in [0.2, 0.25) is 0 Å². The van der Waals surface area contributed by atoms with E-state index in [1.807, 2.05) is 0 Å². The van der Waals surface area contributed by atoms with E-state index in [1.54, 1.807) is 33.4 Å². The Balaban J connectivity index is 1.20. The molecule has 4 aromatic rings. The van der Waals surface area contributed by atoms with Crippen LogP contribution in [0.4, 0.5) is 17.1 Å². The van der Waals surface area contributed by atoms with E-state index in [4.69, 9.17) is 0 Å². The molecular formula is C50H57N. The molecule has 0 N–H and O–H groups in total. The lowest BCUT2D eigenvalue weighted by Gasteiger charge is -2.76. The lowest BCUT2D eigenvalue weighted by molar-refractivity contribution is -0.231. The van der Waals surface area contributed by atoms with Crippen molar-refractivity contribution in [1.82, 2.24) is 0 Å². The Hall–Kier alpha value is -3.32. The van der Waals surface area contributed by atoms with Crippen LogP contribution in [-0.4, -0.2) is 0 Å². The van der Waals surface area contributed by atoms with Gasteiger partial charge in [0.05, 0.1) is 11.4 Å². The number of benzene rings is 4. The fourth-order valence-electron chi connectivity index (χ4n) is 14.6. The minimum absolute atomic E-state index is 0.0852. The quantitative estimate of drug-likeness (QED) is 0.209. The highest BCUT2D eigenvalue weighted by atomic mass is 15.2. The molecule has 51 heavy (non-hydrogen) atoms. The van der Waals surface area contributed by atoms with Gasteiger partial charge in [0.2, 0.25) is 0 Å². The summed E-state index contributed by atoms with van der Waals surface area (Å²) >= 11 is 0. The van der Waals surface area contributed by atoms with Gasteiger partial charge < -0.3 is 4.90 Å². The van der Waals surface area contributed by atoms with Crippen molar-refractivity contribution in [2.24, 2.45) is 29.1 Å². The number of rotatable bonds is 3. The van der Waals surface area contributed by atoms with E-state index >= 15 is 0 Å². The molecule has 4 aromatic carbocycles. The molecule has 0 aliphatic heterocycles. The van der Waals surface area contributed by atoms with Gasteiger partial charge in [0.1, 0.15) is 0 Å². The van der Waals surface area contributed by atoms with Crippen molar-refractivity contribution in [1.29, 1.82) is 0 Å². The summed E-state index contributed by atoms with van der Waals surface area (Å²) in [5.41, 5.74) is 18.0. The third kappa shape index (κ3) is 3.56. The zero-order valence-electron chi connectivity index (χ0n) is 32.4. The first-order chi connectivity index (χ1) is 24.2. The second-order valence-electron chi connectivity index (χ2n) is 21.1. The summed E-state index contributed by atoms with van der Waals surface area (Å²) in [5, 5.41) is 0. The molecule has 0 aromatic heterocycles. The molecule has 1 heteroatoms. The molecule has 0 amide bonds. The third-order valence-electron chi connectivity index (χ3n) is 17.0. The van der Waals surface area contributed by atoms with E-state index in [-0.39, 0.29) is 27.1 Å². The van der Waals surface area contributed by atoms with Crippen LogP contribution in [0.3, 0.4) is 0 Å². The molecular weight excluding hydrogens is 615 g/mol. The molecule has 2 bridgehead atoms. The van der Waals surface area contributed by atoms with Gasteiger partial charge in [0.15, 0.2) is 0 Å². The van der Waals surface area contributed by atoms with Crippen molar-refractivity contribution in [3.63, 3.8) is 0 Å². The van der Waals surface area contributed by atoms with E-state index in [0.29, 0.717) is 5.41 Å². The Labute approximate surface area is 307 Å². The zero-order chi connectivity index (χ0) is 35.1. The normalized spacial score (nSPS) is 34.0. The first-order valence-electron chi connectivity index (χ1n) is 20.5. The number of anilines is 3. The van der Waals surface area contributed by atoms with Crippen molar-refractivity contribution in [2.75, 3.05) is 4.90 Å². The minimum Gasteiger partial charge on any atom is -0.310 e. The van der Waals surface area contributed by atoms with Crippen molar-refractivity contribution in [3.05, 3.63) is 112 Å². The van der Waals surface area contributed by atoms with Gasteiger partial charge in [0.25, 0.3) is 0 Å². The number of hydrogen-bond donors (Lipinski definition) is 0. The highest BCUT2D eigenvalue weighted by Gasteiger charge is 2.84. The fraction of sp³-hybridized carbons (Fsp3) is 0.520. The minimum atomic E-state index is 0.0852. The zero-order valence-corrected chi connectivity index (χ0v) is 32.4. The Morgan fingerprint density at radius 2 is 1.06 bits per heavy atom. The van der Waals surface area contributed by atoms with Crippen LogP contribution < -0.4 is 4.90 Å². The Kier molecular flexibility index (Phi) is 5.77. The molecule has 0 heterocycles. The van der Waals surface area contributed by atoms with Crippen LogP contribution in [0, 0.1) is 29.1 Å². The molecule has 0 radical (unpaired) electrons. The number of nitrogens with zero attached hydrogens (tertiary/aromatic N) is 1. The van der Waals surface area contributed by atoms with Gasteiger partial charge in [-0.1, -0.05) is 110 Å². The second kappa shape index (κ2) is 9.42. The standard InChI is InChI=1S/C50H57N/c1-45(2)21-23-47(5,6)43-36(45)15-11-17-39(43)51(40-18-12-16-37-44(40)48(7,8)24-22-46(37,3)4)32-19-20-34-33-13-9-10-14-35(33)50(38(34)28-32)41-26-30-25-31-27-42(50)49(31,41)29-30/h9-20,28,30-31,41-42H,21-27,29H2,1-8H3. The SMILES string of the molecule is CC1(C)CCC(C)(C)c2c(N(c3ccc4c(c3)C3(c5ccccc5-4)C4CC5CC6CC3C64C5)c3cccc4c3C(C)(C)CCC4(C)C)cccc21. The van der Waals surface area contributed by atoms with Gasteiger partial charge in [-0.3, -0.25) is 0 Å². The fourth-order valence-corrected chi connectivity index (χ4v) is 14.6. The summed E-state index contributed by atoms with van der Waals surface area (Å²) in [6.07, 6.45) is 10.8. The molecule has 4 saturated carbocycles. The summed E-state index contributed by atoms with van der Waals surface area (Å²) in [6.45, 7) is 20.0.